The molecule has 0 spiro atoms. The molecule has 0 saturated carbocycles. The van der Waals surface area contributed by atoms with Crippen LogP contribution in [0.4, 0.5) is 0 Å². The van der Waals surface area contributed by atoms with E-state index in [9.17, 15) is 0 Å². The van der Waals surface area contributed by atoms with Crippen LogP contribution < -0.4 is 0 Å². The van der Waals surface area contributed by atoms with Crippen LogP contribution in [-0.2, 0) is 11.8 Å². The maximum atomic E-state index is 6.91. The predicted molar refractivity (Wildman–Crippen MR) is 154 cm³/mol. The zero-order valence-corrected chi connectivity index (χ0v) is 21.6. The minimum Gasteiger partial charge on any atom is -0.455 e. The van der Waals surface area contributed by atoms with Gasteiger partial charge in [-0.2, -0.15) is 0 Å². The lowest BCUT2D eigenvalue weighted by molar-refractivity contribution is 0.572. The second-order valence-electron chi connectivity index (χ2n) is 10.7. The third-order valence-corrected chi connectivity index (χ3v) is 7.19. The van der Waals surface area contributed by atoms with E-state index < -0.39 is 0 Å². The molecular formula is C36H30O. The summed E-state index contributed by atoms with van der Waals surface area (Å²) in [7, 11) is 0. The highest BCUT2D eigenvalue weighted by Crippen LogP contribution is 2.47. The van der Waals surface area contributed by atoms with Crippen molar-refractivity contribution < 1.29 is 4.42 Å². The average Bonchev–Trinajstić information content (AvgIpc) is 3.33. The van der Waals surface area contributed by atoms with Gasteiger partial charge in [-0.05, 0) is 47.1 Å². The average molecular weight is 479 g/mol. The Balaban J connectivity index is 1.55. The van der Waals surface area contributed by atoms with Crippen LogP contribution in [-0.4, -0.2) is 0 Å². The zero-order valence-electron chi connectivity index (χ0n) is 21.6. The van der Waals surface area contributed by atoms with Crippen molar-refractivity contribution in [2.24, 2.45) is 0 Å². The van der Waals surface area contributed by atoms with E-state index >= 15 is 0 Å². The molecule has 0 N–H and O–H groups in total. The molecule has 0 unspecified atom stereocenters. The highest BCUT2D eigenvalue weighted by Gasteiger charge is 2.29. The van der Waals surface area contributed by atoms with Gasteiger partial charge < -0.3 is 4.42 Å². The number of rotatable bonds is 4. The normalized spacial score (nSPS) is 12.7. The Labute approximate surface area is 220 Å². The van der Waals surface area contributed by atoms with E-state index in [1.807, 2.05) is 12.1 Å². The Bertz CT molecular complexity index is 1560. The molecule has 0 atom stereocenters. The Hall–Kier alpha value is -4.28. The number of hydrogen-bond donors (Lipinski definition) is 0. The molecule has 0 radical (unpaired) electrons. The molecule has 0 bridgehead atoms. The first-order chi connectivity index (χ1) is 18.0. The van der Waals surface area contributed by atoms with E-state index in [0.717, 1.165) is 41.1 Å². The molecule has 0 fully saturated rings. The van der Waals surface area contributed by atoms with Crippen LogP contribution in [0.25, 0.3) is 51.0 Å². The van der Waals surface area contributed by atoms with Gasteiger partial charge in [0, 0.05) is 33.4 Å². The Morgan fingerprint density at radius 2 is 1.49 bits per heavy atom. The van der Waals surface area contributed by atoms with Gasteiger partial charge in [0.25, 0.3) is 0 Å². The van der Waals surface area contributed by atoms with E-state index in [1.54, 1.807) is 0 Å². The quantitative estimate of drug-likeness (QED) is 0.250. The molecule has 1 heterocycles. The van der Waals surface area contributed by atoms with E-state index in [-0.39, 0.29) is 5.41 Å². The summed E-state index contributed by atoms with van der Waals surface area (Å²) in [5.74, 6) is 1.93. The number of furan rings is 1. The fourth-order valence-electron chi connectivity index (χ4n) is 5.35. The minimum atomic E-state index is -0.0501. The van der Waals surface area contributed by atoms with Crippen molar-refractivity contribution in [3.8, 4) is 44.9 Å². The van der Waals surface area contributed by atoms with Gasteiger partial charge in [-0.25, -0.2) is 0 Å². The third kappa shape index (κ3) is 4.30. The molecule has 37 heavy (non-hydrogen) atoms. The van der Waals surface area contributed by atoms with Crippen LogP contribution in [0.3, 0.4) is 0 Å². The Kier molecular flexibility index (Phi) is 5.82. The van der Waals surface area contributed by atoms with E-state index in [1.165, 1.54) is 33.4 Å². The molecular weight excluding hydrogens is 448 g/mol. The third-order valence-electron chi connectivity index (χ3n) is 7.19. The van der Waals surface area contributed by atoms with Gasteiger partial charge in [-0.15, -0.1) is 0 Å². The summed E-state index contributed by atoms with van der Waals surface area (Å²) >= 11 is 0. The van der Waals surface area contributed by atoms with Crippen molar-refractivity contribution in [1.82, 2.24) is 0 Å². The van der Waals surface area contributed by atoms with Gasteiger partial charge in [-0.3, -0.25) is 0 Å². The SMILES string of the molecule is CC(C)(C)c1cccc(-c2c#cccc2)c1-c1oc(-c2ccc(-c3ccccc3)cc2)c2c1CCC=C2. The van der Waals surface area contributed by atoms with Crippen molar-refractivity contribution >= 4 is 6.08 Å². The molecule has 1 aromatic heterocycles. The molecule has 0 saturated heterocycles. The van der Waals surface area contributed by atoms with Crippen LogP contribution in [0.1, 0.15) is 43.9 Å². The predicted octanol–water partition coefficient (Wildman–Crippen LogP) is 9.80. The van der Waals surface area contributed by atoms with Crippen LogP contribution in [0.2, 0.25) is 0 Å². The van der Waals surface area contributed by atoms with E-state index in [2.05, 4.69) is 124 Å². The van der Waals surface area contributed by atoms with E-state index in [0.29, 0.717) is 0 Å². The monoisotopic (exact) mass is 478 g/mol. The van der Waals surface area contributed by atoms with Gasteiger partial charge >= 0.3 is 0 Å². The topological polar surface area (TPSA) is 13.1 Å². The molecule has 1 aliphatic carbocycles. The summed E-state index contributed by atoms with van der Waals surface area (Å²) < 4.78 is 6.91. The maximum absolute atomic E-state index is 6.91. The van der Waals surface area contributed by atoms with Crippen LogP contribution in [0.15, 0.2) is 101 Å². The molecule has 0 amide bonds. The van der Waals surface area contributed by atoms with Crippen LogP contribution >= 0.6 is 0 Å². The molecule has 180 valence electrons. The summed E-state index contributed by atoms with van der Waals surface area (Å²) in [6.45, 7) is 6.82. The largest absolute Gasteiger partial charge is 0.455 e. The van der Waals surface area contributed by atoms with Crippen molar-refractivity contribution in [3.05, 3.63) is 126 Å². The summed E-state index contributed by atoms with van der Waals surface area (Å²) in [6, 6.07) is 38.3. The molecule has 1 nitrogen and oxygen atoms in total. The molecule has 6 rings (SSSR count). The van der Waals surface area contributed by atoms with Crippen LogP contribution in [0.5, 0.6) is 0 Å². The lowest BCUT2D eigenvalue weighted by Gasteiger charge is -2.25. The van der Waals surface area contributed by atoms with Gasteiger partial charge in [0.15, 0.2) is 0 Å². The zero-order chi connectivity index (χ0) is 25.4. The number of fused-ring (bicyclic) bond motifs is 1. The molecule has 4 aromatic carbocycles. The smallest absolute Gasteiger partial charge is 0.142 e. The molecule has 0 aliphatic heterocycles. The summed E-state index contributed by atoms with van der Waals surface area (Å²) in [4.78, 5) is 0. The first-order valence-electron chi connectivity index (χ1n) is 13.0. The lowest BCUT2D eigenvalue weighted by Crippen LogP contribution is -2.13. The second kappa shape index (κ2) is 9.30. The Morgan fingerprint density at radius 3 is 2.22 bits per heavy atom. The molecule has 1 heteroatoms. The highest BCUT2D eigenvalue weighted by atomic mass is 16.3. The second-order valence-corrected chi connectivity index (χ2v) is 10.7. The number of benzene rings is 3. The van der Waals surface area contributed by atoms with Crippen molar-refractivity contribution in [3.63, 3.8) is 0 Å². The maximum Gasteiger partial charge on any atom is 0.142 e. The standard InChI is InChI=1S/C36H30O/c1-36(2,3)32-20-12-19-29(27-15-8-5-9-16-27)33(32)35-31-18-11-10-17-30(31)34(37-35)28-23-21-26(22-24-28)25-13-6-4-7-14-25/h4-8,10,12-15,17,19-24H,11,18H2,1-3H3. The highest BCUT2D eigenvalue weighted by molar-refractivity contribution is 5.89. The van der Waals surface area contributed by atoms with Crippen molar-refractivity contribution in [1.29, 1.82) is 0 Å². The van der Waals surface area contributed by atoms with Crippen LogP contribution in [0, 0.1) is 12.1 Å². The minimum absolute atomic E-state index is 0.0501. The van der Waals surface area contributed by atoms with Gasteiger partial charge in [-0.1, -0.05) is 124 Å². The first kappa shape index (κ1) is 23.1. The lowest BCUT2D eigenvalue weighted by atomic mass is 9.79. The fourth-order valence-corrected chi connectivity index (χ4v) is 5.35. The number of allylic oxidation sites excluding steroid dienone is 1. The summed E-state index contributed by atoms with van der Waals surface area (Å²) in [6.07, 6.45) is 6.49. The van der Waals surface area contributed by atoms with Gasteiger partial charge in [0.2, 0.25) is 0 Å². The number of hydrogen-bond acceptors (Lipinski definition) is 1. The van der Waals surface area contributed by atoms with Crippen molar-refractivity contribution in [2.45, 2.75) is 39.0 Å². The van der Waals surface area contributed by atoms with Gasteiger partial charge in [0.05, 0.1) is 0 Å². The molecule has 5 aromatic rings. The fraction of sp³-hybridized carbons (Fsp3) is 0.167. The van der Waals surface area contributed by atoms with Gasteiger partial charge in [0.1, 0.15) is 11.5 Å². The summed E-state index contributed by atoms with van der Waals surface area (Å²) in [5, 5.41) is 0. The van der Waals surface area contributed by atoms with Crippen molar-refractivity contribution in [2.75, 3.05) is 0 Å². The first-order valence-corrected chi connectivity index (χ1v) is 13.0. The molecule has 1 aliphatic rings. The van der Waals surface area contributed by atoms with E-state index in [4.69, 9.17) is 4.42 Å². The Morgan fingerprint density at radius 1 is 0.730 bits per heavy atom. The summed E-state index contributed by atoms with van der Waals surface area (Å²) in [5.41, 5.74) is 10.6.